The van der Waals surface area contributed by atoms with Crippen molar-refractivity contribution in [3.63, 3.8) is 0 Å². The van der Waals surface area contributed by atoms with Crippen molar-refractivity contribution < 1.29 is 17.7 Å². The number of nitrogens with one attached hydrogen (secondary N) is 1. The average Bonchev–Trinajstić information content (AvgIpc) is 2.77. The van der Waals surface area contributed by atoms with Crippen molar-refractivity contribution in [2.45, 2.75) is 24.3 Å². The lowest BCUT2D eigenvalue weighted by Crippen LogP contribution is -2.35. The lowest BCUT2D eigenvalue weighted by Gasteiger charge is -2.30. The van der Waals surface area contributed by atoms with Crippen molar-refractivity contribution >= 4 is 38.7 Å². The van der Waals surface area contributed by atoms with Crippen molar-refractivity contribution in [2.24, 2.45) is 0 Å². The standard InChI is InChI=1S/C22H19ClFN3O4S/c23-19-9-8-18(32(30,31)26-11-3-5-15-4-1-2-6-21(15)26)13-20(19)25-14-16-12-17(24)7-10-22(16)27(28)29/h1-2,4,6-10,12-13,25H,3,5,11,14H2. The van der Waals surface area contributed by atoms with E-state index in [1.807, 2.05) is 12.1 Å². The Balaban J connectivity index is 1.64. The Hall–Kier alpha value is -3.17. The van der Waals surface area contributed by atoms with Crippen molar-refractivity contribution in [1.29, 1.82) is 0 Å². The number of sulfonamides is 1. The van der Waals surface area contributed by atoms with Gasteiger partial charge in [0.15, 0.2) is 0 Å². The Morgan fingerprint density at radius 1 is 1.12 bits per heavy atom. The number of hydrogen-bond acceptors (Lipinski definition) is 5. The lowest BCUT2D eigenvalue weighted by molar-refractivity contribution is -0.385. The molecule has 3 aromatic rings. The number of nitro groups is 1. The van der Waals surface area contributed by atoms with E-state index in [9.17, 15) is 22.9 Å². The monoisotopic (exact) mass is 475 g/mol. The third kappa shape index (κ3) is 4.26. The van der Waals surface area contributed by atoms with Crippen molar-refractivity contribution in [3.05, 3.63) is 92.7 Å². The number of benzene rings is 3. The van der Waals surface area contributed by atoms with Crippen LogP contribution in [0.2, 0.25) is 5.02 Å². The van der Waals surface area contributed by atoms with E-state index in [2.05, 4.69) is 5.32 Å². The molecule has 0 saturated carbocycles. The predicted octanol–water partition coefficient (Wildman–Crippen LogP) is 5.14. The summed E-state index contributed by atoms with van der Waals surface area (Å²) in [4.78, 5) is 10.6. The minimum atomic E-state index is -3.86. The number of aryl methyl sites for hydroxylation is 1. The van der Waals surface area contributed by atoms with Crippen LogP contribution in [0.25, 0.3) is 0 Å². The minimum Gasteiger partial charge on any atom is -0.379 e. The molecule has 0 aromatic heterocycles. The molecule has 1 heterocycles. The van der Waals surface area contributed by atoms with E-state index in [1.165, 1.54) is 22.5 Å². The Labute approximate surface area is 189 Å². The maximum atomic E-state index is 13.6. The summed E-state index contributed by atoms with van der Waals surface area (Å²) in [7, 11) is -3.86. The van der Waals surface area contributed by atoms with E-state index in [-0.39, 0.29) is 33.4 Å². The molecule has 166 valence electrons. The molecule has 0 spiro atoms. The SMILES string of the molecule is O=[N+]([O-])c1ccc(F)cc1CNc1cc(S(=O)(=O)N2CCCc3ccccc32)ccc1Cl. The highest BCUT2D eigenvalue weighted by Crippen LogP contribution is 2.34. The van der Waals surface area contributed by atoms with Gasteiger partial charge in [0, 0.05) is 19.2 Å². The molecule has 0 amide bonds. The van der Waals surface area contributed by atoms with E-state index < -0.39 is 20.8 Å². The number of fused-ring (bicyclic) bond motifs is 1. The molecule has 7 nitrogen and oxygen atoms in total. The Morgan fingerprint density at radius 3 is 2.69 bits per heavy atom. The molecule has 32 heavy (non-hydrogen) atoms. The quantitative estimate of drug-likeness (QED) is 0.393. The molecular formula is C22H19ClFN3O4S. The maximum Gasteiger partial charge on any atom is 0.274 e. The van der Waals surface area contributed by atoms with Crippen LogP contribution in [-0.4, -0.2) is 19.9 Å². The summed E-state index contributed by atoms with van der Waals surface area (Å²) < 4.78 is 41.8. The van der Waals surface area contributed by atoms with Crippen LogP contribution >= 0.6 is 11.6 Å². The fraction of sp³-hybridized carbons (Fsp3) is 0.182. The highest BCUT2D eigenvalue weighted by molar-refractivity contribution is 7.92. The number of anilines is 2. The van der Waals surface area contributed by atoms with Gasteiger partial charge in [-0.15, -0.1) is 0 Å². The second-order valence-electron chi connectivity index (χ2n) is 7.33. The van der Waals surface area contributed by atoms with Gasteiger partial charge < -0.3 is 5.32 Å². The van der Waals surface area contributed by atoms with Gasteiger partial charge in [0.25, 0.3) is 15.7 Å². The van der Waals surface area contributed by atoms with Crippen molar-refractivity contribution in [1.82, 2.24) is 0 Å². The Bertz CT molecular complexity index is 1300. The normalized spacial score (nSPS) is 13.5. The van der Waals surface area contributed by atoms with Crippen LogP contribution in [0.15, 0.2) is 65.6 Å². The van der Waals surface area contributed by atoms with Crippen LogP contribution in [0.1, 0.15) is 17.5 Å². The van der Waals surface area contributed by atoms with E-state index in [0.717, 1.165) is 30.2 Å². The molecule has 0 radical (unpaired) electrons. The zero-order chi connectivity index (χ0) is 22.9. The molecule has 0 aliphatic carbocycles. The second-order valence-corrected chi connectivity index (χ2v) is 9.60. The molecule has 0 fully saturated rings. The number of rotatable bonds is 6. The number of nitro benzene ring substituents is 1. The zero-order valence-corrected chi connectivity index (χ0v) is 18.4. The van der Waals surface area contributed by atoms with Crippen LogP contribution < -0.4 is 9.62 Å². The first-order chi connectivity index (χ1) is 15.3. The van der Waals surface area contributed by atoms with Gasteiger partial charge in [-0.25, -0.2) is 12.8 Å². The number of para-hydroxylation sites is 1. The highest BCUT2D eigenvalue weighted by Gasteiger charge is 2.29. The molecular weight excluding hydrogens is 457 g/mol. The van der Waals surface area contributed by atoms with E-state index >= 15 is 0 Å². The van der Waals surface area contributed by atoms with Crippen molar-refractivity contribution in [2.75, 3.05) is 16.2 Å². The van der Waals surface area contributed by atoms with E-state index in [4.69, 9.17) is 11.6 Å². The topological polar surface area (TPSA) is 92.5 Å². The van der Waals surface area contributed by atoms with Gasteiger partial charge >= 0.3 is 0 Å². The van der Waals surface area contributed by atoms with Gasteiger partial charge in [0.05, 0.1) is 31.8 Å². The number of halogens is 2. The van der Waals surface area contributed by atoms with E-state index in [1.54, 1.807) is 12.1 Å². The van der Waals surface area contributed by atoms with Crippen LogP contribution in [-0.2, 0) is 23.0 Å². The first-order valence-electron chi connectivity index (χ1n) is 9.84. The molecule has 1 aliphatic heterocycles. The summed E-state index contributed by atoms with van der Waals surface area (Å²) in [5, 5.41) is 14.4. The summed E-state index contributed by atoms with van der Waals surface area (Å²) in [6.07, 6.45) is 1.51. The molecule has 3 aromatic carbocycles. The first-order valence-corrected chi connectivity index (χ1v) is 11.7. The van der Waals surface area contributed by atoms with Gasteiger partial charge in [-0.1, -0.05) is 29.8 Å². The Morgan fingerprint density at radius 2 is 1.91 bits per heavy atom. The molecule has 0 atom stereocenters. The van der Waals surface area contributed by atoms with Crippen LogP contribution in [0.5, 0.6) is 0 Å². The third-order valence-electron chi connectivity index (χ3n) is 5.30. The summed E-state index contributed by atoms with van der Waals surface area (Å²) in [6.45, 7) is 0.254. The van der Waals surface area contributed by atoms with Gasteiger partial charge in [-0.2, -0.15) is 0 Å². The summed E-state index contributed by atoms with van der Waals surface area (Å²) in [6, 6.07) is 14.8. The van der Waals surface area contributed by atoms with Gasteiger partial charge in [-0.3, -0.25) is 14.4 Å². The molecule has 1 aliphatic rings. The van der Waals surface area contributed by atoms with Crippen LogP contribution in [0.4, 0.5) is 21.5 Å². The van der Waals surface area contributed by atoms with Gasteiger partial charge in [0.1, 0.15) is 5.82 Å². The molecule has 1 N–H and O–H groups in total. The van der Waals surface area contributed by atoms with Gasteiger partial charge in [0.2, 0.25) is 0 Å². The Kier molecular flexibility index (Phi) is 6.03. The highest BCUT2D eigenvalue weighted by atomic mass is 35.5. The zero-order valence-electron chi connectivity index (χ0n) is 16.8. The van der Waals surface area contributed by atoms with Crippen LogP contribution in [0.3, 0.4) is 0 Å². The van der Waals surface area contributed by atoms with Gasteiger partial charge in [-0.05, 0) is 54.8 Å². The lowest BCUT2D eigenvalue weighted by atomic mass is 10.0. The van der Waals surface area contributed by atoms with Crippen molar-refractivity contribution in [3.8, 4) is 0 Å². The summed E-state index contributed by atoms with van der Waals surface area (Å²) in [5.74, 6) is -0.612. The fourth-order valence-electron chi connectivity index (χ4n) is 3.74. The summed E-state index contributed by atoms with van der Waals surface area (Å²) in [5.41, 5.74) is 1.76. The average molecular weight is 476 g/mol. The number of nitrogens with zero attached hydrogens (tertiary/aromatic N) is 2. The molecule has 10 heteroatoms. The molecule has 0 unspecified atom stereocenters. The maximum absolute atomic E-state index is 13.6. The summed E-state index contributed by atoms with van der Waals surface area (Å²) >= 11 is 6.23. The predicted molar refractivity (Wildman–Crippen MR) is 121 cm³/mol. The molecule has 0 bridgehead atoms. The third-order valence-corrected chi connectivity index (χ3v) is 7.44. The minimum absolute atomic E-state index is 0.0369. The van der Waals surface area contributed by atoms with E-state index in [0.29, 0.717) is 18.7 Å². The second kappa shape index (κ2) is 8.76. The largest absolute Gasteiger partial charge is 0.379 e. The van der Waals surface area contributed by atoms with Crippen LogP contribution in [0, 0.1) is 15.9 Å². The molecule has 0 saturated heterocycles. The first kappa shape index (κ1) is 22.0. The smallest absolute Gasteiger partial charge is 0.274 e. The number of hydrogen-bond donors (Lipinski definition) is 1. The fourth-order valence-corrected chi connectivity index (χ4v) is 5.49. The molecule has 4 rings (SSSR count).